The number of likely N-dealkylation sites (tertiary alicyclic amines) is 1. The number of rotatable bonds is 4. The van der Waals surface area contributed by atoms with Gasteiger partial charge >= 0.3 is 0 Å². The van der Waals surface area contributed by atoms with E-state index in [-0.39, 0.29) is 0 Å². The first-order valence-corrected chi connectivity index (χ1v) is 8.61. The van der Waals surface area contributed by atoms with Crippen molar-refractivity contribution in [2.75, 3.05) is 18.8 Å². The van der Waals surface area contributed by atoms with E-state index < -0.39 is 0 Å². The summed E-state index contributed by atoms with van der Waals surface area (Å²) in [5, 5.41) is 0. The van der Waals surface area contributed by atoms with Crippen LogP contribution in [0.5, 0.6) is 0 Å². The number of benzene rings is 1. The van der Waals surface area contributed by atoms with Gasteiger partial charge in [0.1, 0.15) is 0 Å². The van der Waals surface area contributed by atoms with E-state index in [9.17, 15) is 4.79 Å². The Morgan fingerprint density at radius 3 is 2.70 bits per heavy atom. The normalized spacial score (nSPS) is 19.9. The quantitative estimate of drug-likeness (QED) is 0.780. The third-order valence-corrected chi connectivity index (χ3v) is 5.17. The molecular formula is C17H25NOS. The third kappa shape index (κ3) is 4.55. The summed E-state index contributed by atoms with van der Waals surface area (Å²) in [6.45, 7) is 6.48. The highest BCUT2D eigenvalue weighted by Crippen LogP contribution is 2.25. The van der Waals surface area contributed by atoms with Gasteiger partial charge in [-0.3, -0.25) is 4.79 Å². The van der Waals surface area contributed by atoms with Crippen molar-refractivity contribution in [1.29, 1.82) is 0 Å². The lowest BCUT2D eigenvalue weighted by Gasteiger charge is -2.21. The number of amides is 1. The van der Waals surface area contributed by atoms with Gasteiger partial charge in [0.2, 0.25) is 5.91 Å². The van der Waals surface area contributed by atoms with Gasteiger partial charge in [0.05, 0.1) is 5.75 Å². The molecule has 1 aliphatic rings. The van der Waals surface area contributed by atoms with Crippen LogP contribution in [-0.2, 0) is 4.79 Å². The molecule has 1 aromatic rings. The summed E-state index contributed by atoms with van der Waals surface area (Å²) in [6, 6.07) is 10.2. The first kappa shape index (κ1) is 15.4. The van der Waals surface area contributed by atoms with E-state index >= 15 is 0 Å². The molecule has 1 atom stereocenters. The summed E-state index contributed by atoms with van der Waals surface area (Å²) in [6.07, 6.45) is 3.59. The standard InChI is InChI=1S/C17H25NOS/c1-14(2)15-7-6-11-18(12-10-15)17(19)13-20-16-8-4-3-5-9-16/h3-5,8-9,14-15H,6-7,10-13H2,1-2H3. The maximum Gasteiger partial charge on any atom is 0.232 e. The van der Waals surface area contributed by atoms with Crippen LogP contribution in [0.2, 0.25) is 0 Å². The Kier molecular flexibility index (Phi) is 5.96. The molecule has 20 heavy (non-hydrogen) atoms. The van der Waals surface area contributed by atoms with Crippen LogP contribution in [0.4, 0.5) is 0 Å². The molecule has 1 unspecified atom stereocenters. The van der Waals surface area contributed by atoms with Crippen molar-refractivity contribution in [2.24, 2.45) is 11.8 Å². The molecule has 2 nitrogen and oxygen atoms in total. The number of hydrogen-bond acceptors (Lipinski definition) is 2. The SMILES string of the molecule is CC(C)C1CCCN(C(=O)CSc2ccccc2)CC1. The molecular weight excluding hydrogens is 266 g/mol. The topological polar surface area (TPSA) is 20.3 Å². The second kappa shape index (κ2) is 7.72. The lowest BCUT2D eigenvalue weighted by atomic mass is 9.89. The molecule has 0 radical (unpaired) electrons. The van der Waals surface area contributed by atoms with Crippen LogP contribution in [-0.4, -0.2) is 29.6 Å². The number of thioether (sulfide) groups is 1. The summed E-state index contributed by atoms with van der Waals surface area (Å²) in [7, 11) is 0. The van der Waals surface area contributed by atoms with Crippen LogP contribution >= 0.6 is 11.8 Å². The smallest absolute Gasteiger partial charge is 0.232 e. The molecule has 0 saturated carbocycles. The van der Waals surface area contributed by atoms with Crippen molar-refractivity contribution >= 4 is 17.7 Å². The van der Waals surface area contributed by atoms with E-state index in [0.29, 0.717) is 11.7 Å². The number of carbonyl (C=O) groups is 1. The molecule has 3 heteroatoms. The van der Waals surface area contributed by atoms with Crippen LogP contribution in [0, 0.1) is 11.8 Å². The average Bonchev–Trinajstić information content (AvgIpc) is 2.72. The molecule has 1 aliphatic heterocycles. The zero-order valence-electron chi connectivity index (χ0n) is 12.5. The molecule has 1 heterocycles. The minimum atomic E-state index is 0.295. The van der Waals surface area contributed by atoms with Gasteiger partial charge < -0.3 is 4.90 Å². The van der Waals surface area contributed by atoms with E-state index in [1.54, 1.807) is 11.8 Å². The molecule has 1 amide bonds. The van der Waals surface area contributed by atoms with Crippen LogP contribution in [0.15, 0.2) is 35.2 Å². The van der Waals surface area contributed by atoms with Crippen LogP contribution in [0.3, 0.4) is 0 Å². The summed E-state index contributed by atoms with van der Waals surface area (Å²) < 4.78 is 0. The molecule has 0 aromatic heterocycles. The molecule has 2 rings (SSSR count). The Hall–Kier alpha value is -0.960. The fraction of sp³-hybridized carbons (Fsp3) is 0.588. The van der Waals surface area contributed by atoms with E-state index in [2.05, 4.69) is 30.9 Å². The Morgan fingerprint density at radius 1 is 1.25 bits per heavy atom. The summed E-state index contributed by atoms with van der Waals surface area (Å²) in [5.74, 6) is 2.39. The van der Waals surface area contributed by atoms with E-state index in [0.717, 1.165) is 31.3 Å². The van der Waals surface area contributed by atoms with E-state index in [4.69, 9.17) is 0 Å². The van der Waals surface area contributed by atoms with Gasteiger partial charge in [0.25, 0.3) is 0 Å². The van der Waals surface area contributed by atoms with Gasteiger partial charge in [-0.05, 0) is 43.2 Å². The van der Waals surface area contributed by atoms with Crippen molar-refractivity contribution in [2.45, 2.75) is 38.0 Å². The van der Waals surface area contributed by atoms with Gasteiger partial charge in [0, 0.05) is 18.0 Å². The average molecular weight is 291 g/mol. The summed E-state index contributed by atoms with van der Waals surface area (Å²) in [5.41, 5.74) is 0. The highest BCUT2D eigenvalue weighted by molar-refractivity contribution is 8.00. The molecule has 1 saturated heterocycles. The molecule has 1 fully saturated rings. The Morgan fingerprint density at radius 2 is 2.00 bits per heavy atom. The molecule has 0 N–H and O–H groups in total. The second-order valence-corrected chi connectivity index (χ2v) is 6.97. The predicted octanol–water partition coefficient (Wildman–Crippen LogP) is 4.06. The molecule has 110 valence electrons. The molecule has 1 aromatic carbocycles. The lowest BCUT2D eigenvalue weighted by molar-refractivity contribution is -0.128. The highest BCUT2D eigenvalue weighted by Gasteiger charge is 2.22. The van der Waals surface area contributed by atoms with Crippen molar-refractivity contribution < 1.29 is 4.79 Å². The van der Waals surface area contributed by atoms with E-state index in [1.807, 2.05) is 18.2 Å². The summed E-state index contributed by atoms with van der Waals surface area (Å²) >= 11 is 1.64. The maximum absolute atomic E-state index is 12.3. The fourth-order valence-electron chi connectivity index (χ4n) is 2.79. The maximum atomic E-state index is 12.3. The van der Waals surface area contributed by atoms with Crippen LogP contribution < -0.4 is 0 Å². The van der Waals surface area contributed by atoms with Gasteiger partial charge in [-0.15, -0.1) is 11.8 Å². The van der Waals surface area contributed by atoms with Gasteiger partial charge in [0.15, 0.2) is 0 Å². The monoisotopic (exact) mass is 291 g/mol. The minimum Gasteiger partial charge on any atom is -0.342 e. The van der Waals surface area contributed by atoms with Crippen molar-refractivity contribution in [3.63, 3.8) is 0 Å². The molecule has 0 bridgehead atoms. The first-order chi connectivity index (χ1) is 9.66. The third-order valence-electron chi connectivity index (χ3n) is 4.17. The summed E-state index contributed by atoms with van der Waals surface area (Å²) in [4.78, 5) is 15.6. The van der Waals surface area contributed by atoms with Crippen LogP contribution in [0.1, 0.15) is 33.1 Å². The Bertz CT molecular complexity index is 418. The van der Waals surface area contributed by atoms with Gasteiger partial charge in [-0.2, -0.15) is 0 Å². The number of hydrogen-bond donors (Lipinski definition) is 0. The predicted molar refractivity (Wildman–Crippen MR) is 85.9 cm³/mol. The number of carbonyl (C=O) groups excluding carboxylic acids is 1. The Balaban J connectivity index is 1.80. The molecule has 0 aliphatic carbocycles. The van der Waals surface area contributed by atoms with Crippen molar-refractivity contribution in [1.82, 2.24) is 4.90 Å². The van der Waals surface area contributed by atoms with Crippen LogP contribution in [0.25, 0.3) is 0 Å². The number of nitrogens with zero attached hydrogens (tertiary/aromatic N) is 1. The van der Waals surface area contributed by atoms with E-state index in [1.165, 1.54) is 17.7 Å². The highest BCUT2D eigenvalue weighted by atomic mass is 32.2. The van der Waals surface area contributed by atoms with Crippen molar-refractivity contribution in [3.05, 3.63) is 30.3 Å². The lowest BCUT2D eigenvalue weighted by Crippen LogP contribution is -2.33. The Labute approximate surface area is 126 Å². The zero-order chi connectivity index (χ0) is 14.4. The first-order valence-electron chi connectivity index (χ1n) is 7.62. The largest absolute Gasteiger partial charge is 0.342 e. The second-order valence-electron chi connectivity index (χ2n) is 5.92. The van der Waals surface area contributed by atoms with Gasteiger partial charge in [-0.25, -0.2) is 0 Å². The molecule has 0 spiro atoms. The zero-order valence-corrected chi connectivity index (χ0v) is 13.4. The van der Waals surface area contributed by atoms with Gasteiger partial charge in [-0.1, -0.05) is 32.0 Å². The minimum absolute atomic E-state index is 0.295. The van der Waals surface area contributed by atoms with Crippen molar-refractivity contribution in [3.8, 4) is 0 Å². The fourth-order valence-corrected chi connectivity index (χ4v) is 3.61.